The molecule has 0 radical (unpaired) electrons. The van der Waals surface area contributed by atoms with Crippen molar-refractivity contribution in [3.8, 4) is 0 Å². The molecule has 0 aromatic carbocycles. The molecule has 3 heteroatoms. The summed E-state index contributed by atoms with van der Waals surface area (Å²) in [6.07, 6.45) is 3.06. The van der Waals surface area contributed by atoms with Crippen LogP contribution < -0.4 is 5.32 Å². The molecule has 78 valence electrons. The monoisotopic (exact) mass is 193 g/mol. The lowest BCUT2D eigenvalue weighted by molar-refractivity contribution is 0.228. The van der Waals surface area contributed by atoms with E-state index in [0.29, 0.717) is 12.1 Å². The lowest BCUT2D eigenvalue weighted by Crippen LogP contribution is -2.22. The third kappa shape index (κ3) is 1.36. The Labute approximate surface area is 85.5 Å². The summed E-state index contributed by atoms with van der Waals surface area (Å²) in [5.74, 6) is 0. The van der Waals surface area contributed by atoms with Gasteiger partial charge in [-0.1, -0.05) is 20.8 Å². The molecule has 1 aromatic rings. The maximum absolute atomic E-state index is 4.42. The maximum Gasteiger partial charge on any atom is 0.0590 e. The van der Waals surface area contributed by atoms with Crippen molar-refractivity contribution in [2.45, 2.75) is 39.3 Å². The predicted molar refractivity (Wildman–Crippen MR) is 57.1 cm³/mol. The second-order valence-electron chi connectivity index (χ2n) is 5.16. The quantitative estimate of drug-likeness (QED) is 0.740. The fourth-order valence-electron chi connectivity index (χ4n) is 2.29. The zero-order chi connectivity index (χ0) is 10.3. The Morgan fingerprint density at radius 2 is 2.21 bits per heavy atom. The first-order valence-electron chi connectivity index (χ1n) is 5.24. The highest BCUT2D eigenvalue weighted by molar-refractivity contribution is 5.14. The fraction of sp³-hybridized carbons (Fsp3) is 0.727. The van der Waals surface area contributed by atoms with Gasteiger partial charge in [0.05, 0.1) is 17.8 Å². The highest BCUT2D eigenvalue weighted by Crippen LogP contribution is 2.43. The van der Waals surface area contributed by atoms with Gasteiger partial charge in [0.15, 0.2) is 0 Å². The number of aromatic nitrogens is 2. The lowest BCUT2D eigenvalue weighted by Gasteiger charge is -2.27. The van der Waals surface area contributed by atoms with E-state index >= 15 is 0 Å². The number of hydrogen-bond donors (Lipinski definition) is 1. The SMILES string of the molecule is CN[C@@H]1C[C@H](C(C)(C)C)n2nccc21. The Bertz CT molecular complexity index is 322. The van der Waals surface area contributed by atoms with Gasteiger partial charge < -0.3 is 5.32 Å². The number of rotatable bonds is 1. The van der Waals surface area contributed by atoms with E-state index in [0.717, 1.165) is 6.42 Å². The van der Waals surface area contributed by atoms with Gasteiger partial charge in [-0.05, 0) is 24.9 Å². The van der Waals surface area contributed by atoms with E-state index in [1.54, 1.807) is 0 Å². The Hall–Kier alpha value is -0.830. The van der Waals surface area contributed by atoms with E-state index in [1.807, 2.05) is 13.2 Å². The summed E-state index contributed by atoms with van der Waals surface area (Å²) < 4.78 is 2.18. The van der Waals surface area contributed by atoms with Gasteiger partial charge in [-0.3, -0.25) is 4.68 Å². The standard InChI is InChI=1S/C11H19N3/c1-11(2,3)10-7-8(12-4)9-5-6-13-14(9)10/h5-6,8,10,12H,7H2,1-4H3/t8-,10-/m1/s1. The van der Waals surface area contributed by atoms with Crippen LogP contribution in [0.2, 0.25) is 0 Å². The number of nitrogens with one attached hydrogen (secondary N) is 1. The average Bonchev–Trinajstić information content (AvgIpc) is 2.59. The third-order valence-electron chi connectivity index (χ3n) is 3.16. The normalized spacial score (nSPS) is 26.6. The van der Waals surface area contributed by atoms with E-state index in [1.165, 1.54) is 5.69 Å². The van der Waals surface area contributed by atoms with E-state index in [4.69, 9.17) is 0 Å². The van der Waals surface area contributed by atoms with Crippen LogP contribution in [-0.2, 0) is 0 Å². The smallest absolute Gasteiger partial charge is 0.0590 e. The fourth-order valence-corrected chi connectivity index (χ4v) is 2.29. The molecule has 0 bridgehead atoms. The van der Waals surface area contributed by atoms with Crippen molar-refractivity contribution in [2.24, 2.45) is 5.41 Å². The molecule has 0 saturated heterocycles. The van der Waals surface area contributed by atoms with Gasteiger partial charge in [0.1, 0.15) is 0 Å². The Morgan fingerprint density at radius 1 is 1.50 bits per heavy atom. The molecule has 1 aliphatic heterocycles. The summed E-state index contributed by atoms with van der Waals surface area (Å²) >= 11 is 0. The molecule has 1 N–H and O–H groups in total. The minimum absolute atomic E-state index is 0.284. The summed E-state index contributed by atoms with van der Waals surface area (Å²) in [6, 6.07) is 3.11. The Balaban J connectivity index is 2.35. The molecule has 2 heterocycles. The Morgan fingerprint density at radius 3 is 2.79 bits per heavy atom. The largest absolute Gasteiger partial charge is 0.312 e. The van der Waals surface area contributed by atoms with Gasteiger partial charge in [0.2, 0.25) is 0 Å². The van der Waals surface area contributed by atoms with Crippen LogP contribution in [0.25, 0.3) is 0 Å². The molecule has 0 aliphatic carbocycles. The van der Waals surface area contributed by atoms with E-state index < -0.39 is 0 Å². The van der Waals surface area contributed by atoms with Crippen molar-refractivity contribution < 1.29 is 0 Å². The van der Waals surface area contributed by atoms with E-state index in [-0.39, 0.29) is 5.41 Å². The molecule has 2 atom stereocenters. The first-order valence-corrected chi connectivity index (χ1v) is 5.24. The first kappa shape index (κ1) is 9.71. The molecule has 1 aliphatic rings. The highest BCUT2D eigenvalue weighted by Gasteiger charge is 2.37. The summed E-state index contributed by atoms with van der Waals surface area (Å²) in [5, 5.41) is 7.77. The second kappa shape index (κ2) is 3.09. The van der Waals surface area contributed by atoms with Crippen molar-refractivity contribution in [1.29, 1.82) is 0 Å². The van der Waals surface area contributed by atoms with E-state index in [2.05, 4.69) is 41.9 Å². The van der Waals surface area contributed by atoms with Crippen LogP contribution >= 0.6 is 0 Å². The first-order chi connectivity index (χ1) is 6.54. The van der Waals surface area contributed by atoms with Gasteiger partial charge in [0, 0.05) is 6.20 Å². The molecular weight excluding hydrogens is 174 g/mol. The van der Waals surface area contributed by atoms with Crippen molar-refractivity contribution in [3.05, 3.63) is 18.0 Å². The number of fused-ring (bicyclic) bond motifs is 1. The molecule has 0 amide bonds. The molecule has 0 saturated carbocycles. The van der Waals surface area contributed by atoms with Crippen molar-refractivity contribution in [2.75, 3.05) is 7.05 Å². The molecule has 2 rings (SSSR count). The molecule has 14 heavy (non-hydrogen) atoms. The minimum Gasteiger partial charge on any atom is -0.312 e. The number of hydrogen-bond acceptors (Lipinski definition) is 2. The molecule has 1 aromatic heterocycles. The topological polar surface area (TPSA) is 29.9 Å². The third-order valence-corrected chi connectivity index (χ3v) is 3.16. The van der Waals surface area contributed by atoms with Crippen LogP contribution in [0, 0.1) is 5.41 Å². The zero-order valence-corrected chi connectivity index (χ0v) is 9.41. The Kier molecular flexibility index (Phi) is 2.14. The summed E-state index contributed by atoms with van der Waals surface area (Å²) in [7, 11) is 2.02. The van der Waals surface area contributed by atoms with E-state index in [9.17, 15) is 0 Å². The molecular formula is C11H19N3. The predicted octanol–water partition coefficient (Wildman–Crippen LogP) is 2.13. The van der Waals surface area contributed by atoms with Crippen LogP contribution in [0.15, 0.2) is 12.3 Å². The highest BCUT2D eigenvalue weighted by atomic mass is 15.3. The summed E-state index contributed by atoms with van der Waals surface area (Å²) in [4.78, 5) is 0. The summed E-state index contributed by atoms with van der Waals surface area (Å²) in [5.41, 5.74) is 1.61. The van der Waals surface area contributed by atoms with Crippen molar-refractivity contribution in [3.63, 3.8) is 0 Å². The van der Waals surface area contributed by atoms with Gasteiger partial charge in [0.25, 0.3) is 0 Å². The van der Waals surface area contributed by atoms with Gasteiger partial charge in [-0.15, -0.1) is 0 Å². The van der Waals surface area contributed by atoms with Crippen molar-refractivity contribution >= 4 is 0 Å². The molecule has 0 unspecified atom stereocenters. The maximum atomic E-state index is 4.42. The van der Waals surface area contributed by atoms with Crippen LogP contribution in [-0.4, -0.2) is 16.8 Å². The van der Waals surface area contributed by atoms with Crippen LogP contribution in [0.5, 0.6) is 0 Å². The summed E-state index contributed by atoms with van der Waals surface area (Å²) in [6.45, 7) is 6.84. The van der Waals surface area contributed by atoms with Crippen LogP contribution in [0.3, 0.4) is 0 Å². The van der Waals surface area contributed by atoms with Gasteiger partial charge in [-0.2, -0.15) is 5.10 Å². The van der Waals surface area contributed by atoms with Crippen LogP contribution in [0.4, 0.5) is 0 Å². The van der Waals surface area contributed by atoms with Crippen LogP contribution in [0.1, 0.15) is 45.0 Å². The minimum atomic E-state index is 0.284. The second-order valence-corrected chi connectivity index (χ2v) is 5.16. The average molecular weight is 193 g/mol. The van der Waals surface area contributed by atoms with Crippen molar-refractivity contribution in [1.82, 2.24) is 15.1 Å². The van der Waals surface area contributed by atoms with Gasteiger partial charge in [-0.25, -0.2) is 0 Å². The lowest BCUT2D eigenvalue weighted by atomic mass is 9.85. The number of nitrogens with zero attached hydrogens (tertiary/aromatic N) is 2. The molecule has 0 fully saturated rings. The molecule has 0 spiro atoms. The zero-order valence-electron chi connectivity index (χ0n) is 9.41. The molecule has 3 nitrogen and oxygen atoms in total. The van der Waals surface area contributed by atoms with Gasteiger partial charge >= 0.3 is 0 Å².